The van der Waals surface area contributed by atoms with Crippen molar-refractivity contribution in [2.75, 3.05) is 24.6 Å². The van der Waals surface area contributed by atoms with Crippen LogP contribution in [0.3, 0.4) is 0 Å². The molecule has 0 spiro atoms. The SMILES string of the molecule is CC[C@H](C)[C@H](NC(C)=O)C(=O)N[C@H]1CSSC[C@@H](C(=O)N[C@H](C(N)=O)[C@@H](C)O)NC(=O)[C@H](CCCNC(=N)N)NC(=O)[C@H](Cc2cnc[nH]2)NC(=O)[C@H](C)NC(=O)CNC(=O)[C@H](Cc2c[nH]c3ccccc23)NC(=O)[C@H](CC(=O)O)NC(=O)[C@H](CCC(N)=O)NC(=O)[C@H](Cc2ccc(O)cc2)NC(=O)[C@H](C(C)C)NC1=O. The molecule has 14 atom stereocenters. The highest BCUT2D eigenvalue weighted by molar-refractivity contribution is 8.76. The van der Waals surface area contributed by atoms with Crippen molar-refractivity contribution in [1.29, 1.82) is 5.41 Å². The maximum absolute atomic E-state index is 14.9. The van der Waals surface area contributed by atoms with Gasteiger partial charge in [0.05, 0.1) is 25.4 Å². The van der Waals surface area contributed by atoms with Gasteiger partial charge in [0.2, 0.25) is 88.6 Å². The van der Waals surface area contributed by atoms with Gasteiger partial charge in [-0.2, -0.15) is 0 Å². The maximum atomic E-state index is 14.9. The number of phenolic OH excluding ortho intramolecular Hbond substituents is 1. The van der Waals surface area contributed by atoms with E-state index in [1.54, 1.807) is 38.1 Å². The summed E-state index contributed by atoms with van der Waals surface area (Å²) in [7, 11) is 1.61. The Bertz CT molecular complexity index is 3980. The molecule has 4 aromatic rings. The third-order valence-electron chi connectivity index (χ3n) is 17.5. The van der Waals surface area contributed by atoms with E-state index >= 15 is 0 Å². The highest BCUT2D eigenvalue weighted by atomic mass is 33.1. The molecular weight excluding hydrogens is 1490 g/mol. The second kappa shape index (κ2) is 44.2. The first kappa shape index (κ1) is 90.1. The average Bonchev–Trinajstić information content (AvgIpc) is 1.75. The van der Waals surface area contributed by atoms with E-state index in [-0.39, 0.29) is 49.2 Å². The van der Waals surface area contributed by atoms with E-state index in [1.165, 1.54) is 63.8 Å². The molecule has 0 unspecified atom stereocenters. The van der Waals surface area contributed by atoms with Crippen LogP contribution in [-0.2, 0) is 96.0 Å². The lowest BCUT2D eigenvalue weighted by molar-refractivity contribution is -0.141. The lowest BCUT2D eigenvalue weighted by atomic mass is 9.97. The molecule has 0 aliphatic carbocycles. The minimum atomic E-state index is -2.07. The highest BCUT2D eigenvalue weighted by Gasteiger charge is 2.39. The van der Waals surface area contributed by atoms with E-state index in [2.05, 4.69) is 89.4 Å². The van der Waals surface area contributed by atoms with Crippen molar-refractivity contribution in [1.82, 2.24) is 89.4 Å². The van der Waals surface area contributed by atoms with Crippen molar-refractivity contribution in [2.24, 2.45) is 29.0 Å². The highest BCUT2D eigenvalue weighted by Crippen LogP contribution is 2.25. The maximum Gasteiger partial charge on any atom is 0.305 e. The quantitative estimate of drug-likeness (QED) is 0.0127. The minimum Gasteiger partial charge on any atom is -0.508 e. The van der Waals surface area contributed by atoms with Gasteiger partial charge in [0, 0.05) is 79.6 Å². The van der Waals surface area contributed by atoms with Crippen LogP contribution in [0.4, 0.5) is 0 Å². The number of carboxylic acid groups (broad SMARTS) is 1. The Morgan fingerprint density at radius 2 is 1.24 bits per heavy atom. The zero-order chi connectivity index (χ0) is 82.3. The number of fused-ring (bicyclic) bond motifs is 1. The third kappa shape index (κ3) is 29.7. The van der Waals surface area contributed by atoms with Crippen molar-refractivity contribution in [3.8, 4) is 5.75 Å². The number of imidazole rings is 1. The zero-order valence-electron chi connectivity index (χ0n) is 62.1. The third-order valence-corrected chi connectivity index (χ3v) is 19.9. The fraction of sp³-hybridized carbons (Fsp3) is 0.507. The van der Waals surface area contributed by atoms with Crippen molar-refractivity contribution < 1.29 is 92.0 Å². The summed E-state index contributed by atoms with van der Waals surface area (Å²) in [6, 6.07) is -7.99. The minimum absolute atomic E-state index is 0.00782. The number of hydrogen-bond acceptors (Lipinski definition) is 22. The largest absolute Gasteiger partial charge is 0.508 e. The van der Waals surface area contributed by atoms with Gasteiger partial charge in [-0.25, -0.2) is 4.98 Å². The Morgan fingerprint density at radius 1 is 0.658 bits per heavy atom. The molecule has 1 aliphatic rings. The molecule has 40 nitrogen and oxygen atoms in total. The van der Waals surface area contributed by atoms with Crippen LogP contribution in [0.25, 0.3) is 10.9 Å². The number of para-hydroxylation sites is 1. The Kier molecular flexibility index (Phi) is 35.8. The predicted octanol–water partition coefficient (Wildman–Crippen LogP) is -5.44. The van der Waals surface area contributed by atoms with Gasteiger partial charge >= 0.3 is 5.97 Å². The number of aliphatic hydroxyl groups is 1. The van der Waals surface area contributed by atoms with Crippen LogP contribution in [0.15, 0.2) is 67.3 Å². The molecule has 0 bridgehead atoms. The molecule has 0 radical (unpaired) electrons. The van der Waals surface area contributed by atoms with Gasteiger partial charge in [0.15, 0.2) is 5.96 Å². The van der Waals surface area contributed by atoms with Gasteiger partial charge in [0.25, 0.3) is 0 Å². The summed E-state index contributed by atoms with van der Waals surface area (Å²) >= 11 is 0. The number of amides is 15. The summed E-state index contributed by atoms with van der Waals surface area (Å²) in [5.74, 6) is -20.4. The summed E-state index contributed by atoms with van der Waals surface area (Å²) in [5.41, 5.74) is 18.2. The number of guanidine groups is 1. The Labute approximate surface area is 645 Å². The number of aliphatic carboxylic acids is 1. The first-order chi connectivity index (χ1) is 52.4. The first-order valence-corrected chi connectivity index (χ1v) is 37.9. The average molecular weight is 1590 g/mol. The number of rotatable bonds is 25. The second-order valence-corrected chi connectivity index (χ2v) is 29.3. The number of carbonyl (C=O) groups is 16. The molecule has 3 heterocycles. The molecule has 2 aromatic carbocycles. The van der Waals surface area contributed by atoms with Crippen LogP contribution in [-0.4, -0.2) is 234 Å². The van der Waals surface area contributed by atoms with E-state index in [4.69, 9.17) is 22.6 Å². The number of aromatic hydroxyl groups is 1. The fourth-order valence-corrected chi connectivity index (χ4v) is 13.5. The van der Waals surface area contributed by atoms with Gasteiger partial charge in [-0.3, -0.25) is 82.1 Å². The number of aromatic nitrogens is 3. The number of nitrogens with one attached hydrogen (secondary N) is 17. The summed E-state index contributed by atoms with van der Waals surface area (Å²) in [4.78, 5) is 234. The van der Waals surface area contributed by atoms with E-state index < -0.39 is 235 Å². The Morgan fingerprint density at radius 3 is 1.85 bits per heavy atom. The number of nitrogens with two attached hydrogens (primary N) is 3. The van der Waals surface area contributed by atoms with Gasteiger partial charge in [0.1, 0.15) is 78.3 Å². The molecule has 111 heavy (non-hydrogen) atoms. The van der Waals surface area contributed by atoms with Crippen molar-refractivity contribution in [3.63, 3.8) is 0 Å². The first-order valence-electron chi connectivity index (χ1n) is 35.4. The number of carboxylic acids is 1. The molecule has 606 valence electrons. The summed E-state index contributed by atoms with van der Waals surface area (Å²) in [6.07, 6.45) is -0.940. The van der Waals surface area contributed by atoms with E-state index in [1.807, 2.05) is 0 Å². The van der Waals surface area contributed by atoms with Crippen LogP contribution in [0.5, 0.6) is 5.75 Å². The lowest BCUT2D eigenvalue weighted by Crippen LogP contribution is -2.61. The summed E-state index contributed by atoms with van der Waals surface area (Å²) in [6.45, 7) is 8.98. The second-order valence-electron chi connectivity index (χ2n) is 26.8. The van der Waals surface area contributed by atoms with Crippen LogP contribution < -0.4 is 91.6 Å². The standard InChI is InChI=1S/C69H99N21O19S2/c1-8-33(4)55(80-36(7)92)68(109)88-50-30-111-110-29-49(66(107)90-56(35(6)91)57(71)98)87-60(101)43(14-11-21-75-69(72)73)81-63(104)47(24-39-27-74-31-78-39)83-58(99)34(5)79-52(95)28-77-59(100)46(23-38-26-76-42-13-10-9-12-41(38)42)84-64(105)48(25-53(96)97)85-61(102)44(19-20-51(70)94)82-62(103)45(22-37-15-17-40(93)18-16-37)86-67(108)54(32(2)3)89-65(50)106/h9-10,12-13,15-18,26-27,31-35,43-50,54-56,76,91,93H,8,11,14,19-25,28-30H2,1-7H3,(H2,70,94)(H2,71,98)(H,74,78)(H,77,100)(H,79,95)(H,80,92)(H,81,104)(H,82,103)(H,83,99)(H,84,105)(H,85,102)(H,86,108)(H,87,101)(H,88,109)(H,89,106)(H,90,107)(H,96,97)(H4,72,73,75)/t33-,34-,35+,43-,44-,45-,46-,47-,48-,49-,50-,54-,55-,56-/m0/s1. The number of benzene rings is 2. The molecule has 0 saturated carbocycles. The van der Waals surface area contributed by atoms with Crippen LogP contribution in [0, 0.1) is 17.2 Å². The fourth-order valence-electron chi connectivity index (χ4n) is 11.2. The predicted molar refractivity (Wildman–Crippen MR) is 404 cm³/mol. The number of H-pyrrole nitrogens is 2. The number of aromatic amines is 2. The van der Waals surface area contributed by atoms with Crippen molar-refractivity contribution >= 4 is 133 Å². The van der Waals surface area contributed by atoms with Crippen LogP contribution >= 0.6 is 21.6 Å². The molecule has 5 rings (SSSR count). The molecule has 1 aliphatic heterocycles. The molecule has 15 amide bonds. The van der Waals surface area contributed by atoms with Crippen LogP contribution in [0.1, 0.15) is 104 Å². The van der Waals surface area contributed by atoms with Crippen LogP contribution in [0.2, 0.25) is 0 Å². The molecular formula is C69H99N21O19S2. The van der Waals surface area contributed by atoms with E-state index in [9.17, 15) is 92.0 Å². The number of nitrogens with zero attached hydrogens (tertiary/aromatic N) is 1. The van der Waals surface area contributed by atoms with E-state index in [0.29, 0.717) is 22.9 Å². The molecule has 2 aromatic heterocycles. The molecule has 1 fully saturated rings. The normalized spacial score (nSPS) is 22.8. The number of primary amides is 2. The molecule has 42 heteroatoms. The number of phenols is 1. The summed E-state index contributed by atoms with van der Waals surface area (Å²) in [5, 5.41) is 74.1. The summed E-state index contributed by atoms with van der Waals surface area (Å²) < 4.78 is 0. The van der Waals surface area contributed by atoms with E-state index in [0.717, 1.165) is 35.4 Å². The van der Waals surface area contributed by atoms with Crippen molar-refractivity contribution in [3.05, 3.63) is 84.1 Å². The van der Waals surface area contributed by atoms with Gasteiger partial charge in [-0.15, -0.1) is 0 Å². The number of hydrogen-bond donors (Lipinski definition) is 23. The lowest BCUT2D eigenvalue weighted by Gasteiger charge is -2.29. The Balaban J connectivity index is 1.67. The van der Waals surface area contributed by atoms with Gasteiger partial charge < -0.3 is 117 Å². The smallest absolute Gasteiger partial charge is 0.305 e. The zero-order valence-corrected chi connectivity index (χ0v) is 63.7. The van der Waals surface area contributed by atoms with Gasteiger partial charge in [-0.1, -0.05) is 86.0 Å². The Hall–Kier alpha value is -11.6. The monoisotopic (exact) mass is 1590 g/mol. The topological polar surface area (TPSA) is 649 Å². The van der Waals surface area contributed by atoms with Gasteiger partial charge in [-0.05, 0) is 74.3 Å². The number of aliphatic hydroxyl groups excluding tert-OH is 1. The number of carbonyl (C=O) groups excluding carboxylic acids is 15. The molecule has 26 N–H and O–H groups in total. The van der Waals surface area contributed by atoms with Crippen molar-refractivity contribution in [2.45, 2.75) is 185 Å². The molecule has 1 saturated heterocycles.